The number of para-hydroxylation sites is 2. The molecular weight excluding hydrogens is 294 g/mol. The molecule has 2 aromatic heterocycles. The molecule has 0 saturated carbocycles. The zero-order valence-electron chi connectivity index (χ0n) is 12.0. The molecule has 0 aliphatic carbocycles. The van der Waals surface area contributed by atoms with E-state index < -0.39 is 0 Å². The lowest BCUT2D eigenvalue weighted by atomic mass is 10.3. The maximum atomic E-state index is 11.9. The van der Waals surface area contributed by atoms with E-state index >= 15 is 0 Å². The predicted molar refractivity (Wildman–Crippen MR) is 88.9 cm³/mol. The highest BCUT2D eigenvalue weighted by molar-refractivity contribution is 7.12. The third-order valence-electron chi connectivity index (χ3n) is 3.36. The smallest absolute Gasteiger partial charge is 0.261 e. The molecular formula is C17H15N3OS. The van der Waals surface area contributed by atoms with Crippen LogP contribution in [0.4, 0.5) is 0 Å². The number of fused-ring (bicyclic) bond motifs is 1. The fraction of sp³-hybridized carbons (Fsp3) is 0.176. The Bertz CT molecular complexity index is 827. The minimum absolute atomic E-state index is 0.0467. The molecule has 2 heterocycles. The van der Waals surface area contributed by atoms with Gasteiger partial charge in [-0.2, -0.15) is 0 Å². The Kier molecular flexibility index (Phi) is 4.22. The Morgan fingerprint density at radius 3 is 2.95 bits per heavy atom. The van der Waals surface area contributed by atoms with Gasteiger partial charge in [0.25, 0.3) is 5.91 Å². The Labute approximate surface area is 132 Å². The van der Waals surface area contributed by atoms with Crippen molar-refractivity contribution in [2.75, 3.05) is 6.54 Å². The van der Waals surface area contributed by atoms with Gasteiger partial charge in [-0.15, -0.1) is 17.8 Å². The summed E-state index contributed by atoms with van der Waals surface area (Å²) in [7, 11) is 0. The normalized spacial score (nSPS) is 10.5. The van der Waals surface area contributed by atoms with E-state index in [0.717, 1.165) is 21.7 Å². The Morgan fingerprint density at radius 1 is 1.32 bits per heavy atom. The SMILES string of the molecule is C#CCn1c(CCNC(=O)c2cccs2)nc2ccccc21. The number of nitrogens with one attached hydrogen (secondary N) is 1. The molecule has 0 fully saturated rings. The summed E-state index contributed by atoms with van der Waals surface area (Å²) in [6.45, 7) is 1.01. The fourth-order valence-corrected chi connectivity index (χ4v) is 3.01. The average molecular weight is 309 g/mol. The molecule has 0 saturated heterocycles. The number of hydrogen-bond acceptors (Lipinski definition) is 3. The van der Waals surface area contributed by atoms with Gasteiger partial charge in [0.1, 0.15) is 5.82 Å². The number of hydrogen-bond donors (Lipinski definition) is 1. The second-order valence-electron chi connectivity index (χ2n) is 4.79. The zero-order valence-corrected chi connectivity index (χ0v) is 12.8. The number of amides is 1. The van der Waals surface area contributed by atoms with Crippen molar-refractivity contribution in [2.45, 2.75) is 13.0 Å². The van der Waals surface area contributed by atoms with Crippen LogP contribution in [0.3, 0.4) is 0 Å². The topological polar surface area (TPSA) is 46.9 Å². The molecule has 22 heavy (non-hydrogen) atoms. The van der Waals surface area contributed by atoms with E-state index in [4.69, 9.17) is 6.42 Å². The average Bonchev–Trinajstić information content (AvgIpc) is 3.16. The highest BCUT2D eigenvalue weighted by Crippen LogP contribution is 2.16. The molecule has 3 rings (SSSR count). The number of thiophene rings is 1. The molecule has 0 atom stereocenters. The van der Waals surface area contributed by atoms with Crippen molar-refractivity contribution in [1.29, 1.82) is 0 Å². The summed E-state index contributed by atoms with van der Waals surface area (Å²) in [5.41, 5.74) is 1.96. The zero-order chi connectivity index (χ0) is 15.4. The molecule has 4 nitrogen and oxygen atoms in total. The van der Waals surface area contributed by atoms with Gasteiger partial charge in [0, 0.05) is 13.0 Å². The number of aromatic nitrogens is 2. The first kappa shape index (κ1) is 14.4. The molecule has 3 aromatic rings. The van der Waals surface area contributed by atoms with Crippen LogP contribution in [0, 0.1) is 12.3 Å². The monoisotopic (exact) mass is 309 g/mol. The lowest BCUT2D eigenvalue weighted by Crippen LogP contribution is -2.25. The summed E-state index contributed by atoms with van der Waals surface area (Å²) in [5.74, 6) is 3.51. The van der Waals surface area contributed by atoms with Crippen LogP contribution in [-0.4, -0.2) is 22.0 Å². The van der Waals surface area contributed by atoms with E-state index in [0.29, 0.717) is 19.5 Å². The molecule has 0 radical (unpaired) electrons. The Morgan fingerprint density at radius 2 is 2.18 bits per heavy atom. The number of nitrogens with zero attached hydrogens (tertiary/aromatic N) is 2. The standard InChI is InChI=1S/C17H15N3OS/c1-2-11-20-14-7-4-3-6-13(14)19-16(20)9-10-18-17(21)15-8-5-12-22-15/h1,3-8,12H,9-11H2,(H,18,21). The van der Waals surface area contributed by atoms with Gasteiger partial charge in [0.15, 0.2) is 0 Å². The van der Waals surface area contributed by atoms with Crippen molar-refractivity contribution < 1.29 is 4.79 Å². The van der Waals surface area contributed by atoms with E-state index in [1.807, 2.05) is 46.3 Å². The quantitative estimate of drug-likeness (QED) is 0.737. The maximum absolute atomic E-state index is 11.9. The van der Waals surface area contributed by atoms with E-state index in [1.165, 1.54) is 11.3 Å². The first-order valence-corrected chi connectivity index (χ1v) is 7.87. The van der Waals surface area contributed by atoms with Crippen LogP contribution < -0.4 is 5.32 Å². The molecule has 0 spiro atoms. The van der Waals surface area contributed by atoms with Crippen LogP contribution in [0.15, 0.2) is 41.8 Å². The summed E-state index contributed by atoms with van der Waals surface area (Å²) in [4.78, 5) is 17.2. The van der Waals surface area contributed by atoms with Crippen molar-refractivity contribution in [1.82, 2.24) is 14.9 Å². The fourth-order valence-electron chi connectivity index (χ4n) is 2.37. The van der Waals surface area contributed by atoms with Crippen LogP contribution in [0.5, 0.6) is 0 Å². The van der Waals surface area contributed by atoms with Crippen LogP contribution in [0.25, 0.3) is 11.0 Å². The van der Waals surface area contributed by atoms with Gasteiger partial charge in [-0.1, -0.05) is 24.1 Å². The lowest BCUT2D eigenvalue weighted by molar-refractivity contribution is 0.0958. The summed E-state index contributed by atoms with van der Waals surface area (Å²) in [6, 6.07) is 11.6. The lowest BCUT2D eigenvalue weighted by Gasteiger charge is -2.06. The first-order chi connectivity index (χ1) is 10.8. The number of carbonyl (C=O) groups is 1. The summed E-state index contributed by atoms with van der Waals surface area (Å²) in [5, 5.41) is 4.80. The van der Waals surface area contributed by atoms with Gasteiger partial charge >= 0.3 is 0 Å². The first-order valence-electron chi connectivity index (χ1n) is 6.99. The van der Waals surface area contributed by atoms with Crippen molar-refractivity contribution in [2.24, 2.45) is 0 Å². The molecule has 0 aliphatic heterocycles. The number of benzene rings is 1. The van der Waals surface area contributed by atoms with E-state index in [-0.39, 0.29) is 5.91 Å². The molecule has 110 valence electrons. The molecule has 0 bridgehead atoms. The number of imidazole rings is 1. The van der Waals surface area contributed by atoms with Crippen molar-refractivity contribution >= 4 is 28.3 Å². The molecule has 1 amide bonds. The molecule has 0 unspecified atom stereocenters. The molecule has 5 heteroatoms. The minimum atomic E-state index is -0.0467. The third kappa shape index (κ3) is 2.87. The largest absolute Gasteiger partial charge is 0.351 e. The minimum Gasteiger partial charge on any atom is -0.351 e. The van der Waals surface area contributed by atoms with E-state index in [1.54, 1.807) is 0 Å². The van der Waals surface area contributed by atoms with Crippen molar-refractivity contribution in [3.8, 4) is 12.3 Å². The Hall–Kier alpha value is -2.58. The van der Waals surface area contributed by atoms with Gasteiger partial charge in [-0.3, -0.25) is 4.79 Å². The summed E-state index contributed by atoms with van der Waals surface area (Å²) in [6.07, 6.45) is 6.10. The number of terminal acetylenes is 1. The molecule has 0 aliphatic rings. The van der Waals surface area contributed by atoms with Crippen LogP contribution in [0.2, 0.25) is 0 Å². The van der Waals surface area contributed by atoms with Crippen molar-refractivity contribution in [3.05, 3.63) is 52.5 Å². The summed E-state index contributed by atoms with van der Waals surface area (Å²) < 4.78 is 2.02. The van der Waals surface area contributed by atoms with Crippen LogP contribution in [-0.2, 0) is 13.0 Å². The number of carbonyl (C=O) groups excluding carboxylic acids is 1. The van der Waals surface area contributed by atoms with Gasteiger partial charge in [-0.05, 0) is 23.6 Å². The van der Waals surface area contributed by atoms with Gasteiger partial charge in [0.2, 0.25) is 0 Å². The summed E-state index contributed by atoms with van der Waals surface area (Å²) >= 11 is 1.43. The maximum Gasteiger partial charge on any atom is 0.261 e. The second kappa shape index (κ2) is 6.46. The highest BCUT2D eigenvalue weighted by atomic mass is 32.1. The third-order valence-corrected chi connectivity index (χ3v) is 4.23. The predicted octanol–water partition coefficient (Wildman–Crippen LogP) is 2.70. The van der Waals surface area contributed by atoms with Crippen LogP contribution >= 0.6 is 11.3 Å². The van der Waals surface area contributed by atoms with Crippen molar-refractivity contribution in [3.63, 3.8) is 0 Å². The second-order valence-corrected chi connectivity index (χ2v) is 5.74. The van der Waals surface area contributed by atoms with Gasteiger partial charge in [0.05, 0.1) is 22.5 Å². The van der Waals surface area contributed by atoms with Gasteiger partial charge in [-0.25, -0.2) is 4.98 Å². The molecule has 1 N–H and O–H groups in total. The van der Waals surface area contributed by atoms with Gasteiger partial charge < -0.3 is 9.88 Å². The van der Waals surface area contributed by atoms with Crippen LogP contribution in [0.1, 0.15) is 15.5 Å². The molecule has 1 aromatic carbocycles. The highest BCUT2D eigenvalue weighted by Gasteiger charge is 2.10. The van der Waals surface area contributed by atoms with E-state index in [2.05, 4.69) is 16.2 Å². The van der Waals surface area contributed by atoms with E-state index in [9.17, 15) is 4.79 Å². The Balaban J connectivity index is 1.72. The number of rotatable bonds is 5.